The molecule has 6 heteroatoms. The number of amides is 2. The smallest absolute Gasteiger partial charge is 0.290 e. The number of carbonyl (C=O) groups is 1. The Morgan fingerprint density at radius 3 is 3.00 bits per heavy atom. The van der Waals surface area contributed by atoms with Gasteiger partial charge in [-0.05, 0) is 43.2 Å². The van der Waals surface area contributed by atoms with Crippen molar-refractivity contribution >= 4 is 39.0 Å². The highest BCUT2D eigenvalue weighted by Gasteiger charge is 2.38. The van der Waals surface area contributed by atoms with Gasteiger partial charge in [-0.25, -0.2) is 9.78 Å². The number of nitrogens with zero attached hydrogens (tertiary/aromatic N) is 4. The van der Waals surface area contributed by atoms with Crippen molar-refractivity contribution in [1.29, 1.82) is 0 Å². The number of carbonyl (C=O) groups excluding carboxylic acids is 1. The normalized spacial score (nSPS) is 17.9. The lowest BCUT2D eigenvalue weighted by Gasteiger charge is -2.22. The SMILES string of the molecule is CCC1CN(c2cnccc2C)C(=O)N1c1ccc2ncsc2c1. The van der Waals surface area contributed by atoms with Crippen LogP contribution < -0.4 is 9.80 Å². The van der Waals surface area contributed by atoms with Gasteiger partial charge in [0.25, 0.3) is 0 Å². The van der Waals surface area contributed by atoms with E-state index in [2.05, 4.69) is 23.0 Å². The molecule has 0 radical (unpaired) electrons. The number of aryl methyl sites for hydroxylation is 1. The van der Waals surface area contributed by atoms with Crippen molar-refractivity contribution in [2.24, 2.45) is 0 Å². The Balaban J connectivity index is 1.74. The average molecular weight is 338 g/mol. The second-order valence-corrected chi connectivity index (χ2v) is 6.88. The van der Waals surface area contributed by atoms with E-state index in [1.807, 2.05) is 40.4 Å². The van der Waals surface area contributed by atoms with Crippen molar-refractivity contribution in [1.82, 2.24) is 9.97 Å². The third-order valence-corrected chi connectivity index (χ3v) is 5.35. The quantitative estimate of drug-likeness (QED) is 0.718. The number of rotatable bonds is 3. The number of aromatic nitrogens is 2. The van der Waals surface area contributed by atoms with Crippen molar-refractivity contribution in [2.45, 2.75) is 26.3 Å². The standard InChI is InChI=1S/C18H18N4OS/c1-3-13-10-21(16-9-19-7-6-12(16)2)18(23)22(13)14-4-5-15-17(8-14)24-11-20-15/h4-9,11,13H,3,10H2,1-2H3. The Labute approximate surface area is 144 Å². The van der Waals surface area contributed by atoms with Gasteiger partial charge in [0, 0.05) is 18.4 Å². The van der Waals surface area contributed by atoms with Crippen molar-refractivity contribution in [2.75, 3.05) is 16.3 Å². The third-order valence-electron chi connectivity index (χ3n) is 4.56. The molecule has 2 amide bonds. The average Bonchev–Trinajstić information content (AvgIpc) is 3.18. The summed E-state index contributed by atoms with van der Waals surface area (Å²) in [6.45, 7) is 4.82. The molecular weight excluding hydrogens is 320 g/mol. The van der Waals surface area contributed by atoms with Gasteiger partial charge >= 0.3 is 6.03 Å². The topological polar surface area (TPSA) is 49.3 Å². The molecule has 3 heterocycles. The molecule has 1 fully saturated rings. The number of hydrogen-bond donors (Lipinski definition) is 0. The predicted molar refractivity (Wildman–Crippen MR) is 97.9 cm³/mol. The van der Waals surface area contributed by atoms with E-state index < -0.39 is 0 Å². The summed E-state index contributed by atoms with van der Waals surface area (Å²) in [4.78, 5) is 25.4. The number of anilines is 2. The molecule has 1 aromatic carbocycles. The van der Waals surface area contributed by atoms with E-state index in [0.717, 1.165) is 33.6 Å². The van der Waals surface area contributed by atoms with Crippen LogP contribution >= 0.6 is 11.3 Å². The van der Waals surface area contributed by atoms with Crippen LogP contribution in [0, 0.1) is 6.92 Å². The van der Waals surface area contributed by atoms with Gasteiger partial charge in [0.1, 0.15) is 0 Å². The van der Waals surface area contributed by atoms with Gasteiger partial charge in [-0.3, -0.25) is 14.8 Å². The van der Waals surface area contributed by atoms with E-state index in [4.69, 9.17) is 0 Å². The molecule has 1 aliphatic rings. The van der Waals surface area contributed by atoms with Crippen molar-refractivity contribution in [3.05, 3.63) is 47.7 Å². The van der Waals surface area contributed by atoms with E-state index in [-0.39, 0.29) is 12.1 Å². The first-order valence-electron chi connectivity index (χ1n) is 8.03. The summed E-state index contributed by atoms with van der Waals surface area (Å²) in [6.07, 6.45) is 4.43. The van der Waals surface area contributed by atoms with Crippen LogP contribution in [0.3, 0.4) is 0 Å². The highest BCUT2D eigenvalue weighted by atomic mass is 32.1. The summed E-state index contributed by atoms with van der Waals surface area (Å²) in [7, 11) is 0. The second-order valence-electron chi connectivity index (χ2n) is 5.99. The maximum atomic E-state index is 13.1. The fraction of sp³-hybridized carbons (Fsp3) is 0.278. The van der Waals surface area contributed by atoms with Gasteiger partial charge in [-0.2, -0.15) is 0 Å². The first-order valence-corrected chi connectivity index (χ1v) is 8.91. The van der Waals surface area contributed by atoms with Crippen LogP contribution in [0.15, 0.2) is 42.2 Å². The molecule has 2 aromatic heterocycles. The van der Waals surface area contributed by atoms with E-state index in [9.17, 15) is 4.79 Å². The minimum atomic E-state index is 0.0156. The molecule has 1 unspecified atom stereocenters. The van der Waals surface area contributed by atoms with Crippen molar-refractivity contribution in [3.63, 3.8) is 0 Å². The molecule has 1 saturated heterocycles. The van der Waals surface area contributed by atoms with Crippen LogP contribution in [0.5, 0.6) is 0 Å². The van der Waals surface area contributed by atoms with Crippen molar-refractivity contribution < 1.29 is 4.79 Å². The van der Waals surface area contributed by atoms with Crippen LogP contribution in [0.25, 0.3) is 10.2 Å². The molecular formula is C18H18N4OS. The van der Waals surface area contributed by atoms with Crippen LogP contribution in [0.4, 0.5) is 16.2 Å². The number of fused-ring (bicyclic) bond motifs is 1. The molecule has 0 N–H and O–H groups in total. The predicted octanol–water partition coefficient (Wildman–Crippen LogP) is 4.22. The summed E-state index contributed by atoms with van der Waals surface area (Å²) < 4.78 is 1.10. The fourth-order valence-corrected chi connectivity index (χ4v) is 3.93. The van der Waals surface area contributed by atoms with Gasteiger partial charge in [0.15, 0.2) is 0 Å². The third kappa shape index (κ3) is 2.34. The minimum absolute atomic E-state index is 0.0156. The van der Waals surface area contributed by atoms with Crippen LogP contribution in [0.1, 0.15) is 18.9 Å². The first kappa shape index (κ1) is 15.1. The second kappa shape index (κ2) is 5.87. The Bertz CT molecular complexity index is 907. The Kier molecular flexibility index (Phi) is 3.69. The van der Waals surface area contributed by atoms with Crippen molar-refractivity contribution in [3.8, 4) is 0 Å². The fourth-order valence-electron chi connectivity index (χ4n) is 3.22. The Hall–Kier alpha value is -2.47. The number of thiazole rings is 1. The first-order chi connectivity index (χ1) is 11.7. The summed E-state index contributed by atoms with van der Waals surface area (Å²) >= 11 is 1.60. The highest BCUT2D eigenvalue weighted by Crippen LogP contribution is 2.33. The summed E-state index contributed by atoms with van der Waals surface area (Å²) in [5.41, 5.74) is 5.70. The molecule has 0 saturated carbocycles. The van der Waals surface area contributed by atoms with E-state index >= 15 is 0 Å². The van der Waals surface area contributed by atoms with Gasteiger partial charge in [0.2, 0.25) is 0 Å². The van der Waals surface area contributed by atoms with Crippen LogP contribution in [0.2, 0.25) is 0 Å². The molecule has 24 heavy (non-hydrogen) atoms. The zero-order chi connectivity index (χ0) is 16.7. The zero-order valence-corrected chi connectivity index (χ0v) is 14.5. The largest absolute Gasteiger partial charge is 0.329 e. The lowest BCUT2D eigenvalue weighted by molar-refractivity contribution is 0.255. The summed E-state index contributed by atoms with van der Waals surface area (Å²) in [5.74, 6) is 0. The van der Waals surface area contributed by atoms with Crippen LogP contribution in [-0.4, -0.2) is 28.6 Å². The van der Waals surface area contributed by atoms with Gasteiger partial charge in [0.05, 0.1) is 33.7 Å². The van der Waals surface area contributed by atoms with E-state index in [1.54, 1.807) is 23.7 Å². The monoisotopic (exact) mass is 338 g/mol. The maximum absolute atomic E-state index is 13.1. The lowest BCUT2D eigenvalue weighted by atomic mass is 10.2. The maximum Gasteiger partial charge on any atom is 0.329 e. The van der Waals surface area contributed by atoms with Gasteiger partial charge < -0.3 is 0 Å². The molecule has 1 atom stereocenters. The Morgan fingerprint density at radius 1 is 1.33 bits per heavy atom. The van der Waals surface area contributed by atoms with Gasteiger partial charge in [-0.15, -0.1) is 11.3 Å². The summed E-state index contributed by atoms with van der Waals surface area (Å²) in [6, 6.07) is 8.15. The van der Waals surface area contributed by atoms with Gasteiger partial charge in [-0.1, -0.05) is 6.92 Å². The lowest BCUT2D eigenvalue weighted by Crippen LogP contribution is -2.34. The molecule has 122 valence electrons. The molecule has 0 spiro atoms. The minimum Gasteiger partial charge on any atom is -0.290 e. The molecule has 4 rings (SSSR count). The van der Waals surface area contributed by atoms with E-state index in [0.29, 0.717) is 6.54 Å². The molecule has 0 bridgehead atoms. The molecule has 0 aliphatic carbocycles. The summed E-state index contributed by atoms with van der Waals surface area (Å²) in [5, 5.41) is 0. The van der Waals surface area contributed by atoms with E-state index in [1.165, 1.54) is 0 Å². The molecule has 5 nitrogen and oxygen atoms in total. The number of benzene rings is 1. The molecule has 3 aromatic rings. The number of urea groups is 1. The Morgan fingerprint density at radius 2 is 2.21 bits per heavy atom. The van der Waals surface area contributed by atoms with Crippen LogP contribution in [-0.2, 0) is 0 Å². The number of hydrogen-bond acceptors (Lipinski definition) is 4. The zero-order valence-electron chi connectivity index (χ0n) is 13.6. The number of pyridine rings is 1. The molecule has 1 aliphatic heterocycles. The highest BCUT2D eigenvalue weighted by molar-refractivity contribution is 7.16.